The van der Waals surface area contributed by atoms with Gasteiger partial charge in [0.2, 0.25) is 5.82 Å². The zero-order valence-electron chi connectivity index (χ0n) is 10.1. The molecule has 0 saturated heterocycles. The highest BCUT2D eigenvalue weighted by atomic mass is 35.5. The Labute approximate surface area is 109 Å². The third kappa shape index (κ3) is 2.09. The number of benzene rings is 1. The van der Waals surface area contributed by atoms with Gasteiger partial charge in [0.05, 0.1) is 0 Å². The van der Waals surface area contributed by atoms with Crippen LogP contribution >= 0.6 is 11.6 Å². The molecule has 0 aliphatic heterocycles. The van der Waals surface area contributed by atoms with Crippen LogP contribution in [0.1, 0.15) is 11.4 Å². The van der Waals surface area contributed by atoms with E-state index in [4.69, 9.17) is 11.6 Å². The zero-order chi connectivity index (χ0) is 13.3. The lowest BCUT2D eigenvalue weighted by Gasteiger charge is -2.03. The van der Waals surface area contributed by atoms with E-state index in [9.17, 15) is 10.1 Å². The number of halogens is 1. The molecular weight excluding hydrogens is 254 g/mol. The van der Waals surface area contributed by atoms with Crippen LogP contribution in [-0.4, -0.2) is 14.5 Å². The third-order valence-electron chi connectivity index (χ3n) is 2.85. The zero-order valence-corrected chi connectivity index (χ0v) is 10.8. The van der Waals surface area contributed by atoms with Crippen LogP contribution in [0.25, 0.3) is 11.3 Å². The largest absolute Gasteiger partial charge is 0.390 e. The van der Waals surface area contributed by atoms with Gasteiger partial charge in [-0.3, -0.25) is 0 Å². The summed E-state index contributed by atoms with van der Waals surface area (Å²) in [4.78, 5) is 14.5. The lowest BCUT2D eigenvalue weighted by molar-refractivity contribution is -0.388. The van der Waals surface area contributed by atoms with Crippen molar-refractivity contribution in [1.29, 1.82) is 0 Å². The number of imidazole rings is 1. The van der Waals surface area contributed by atoms with Crippen LogP contribution in [0.3, 0.4) is 0 Å². The van der Waals surface area contributed by atoms with Gasteiger partial charge in [-0.25, -0.2) is 0 Å². The predicted molar refractivity (Wildman–Crippen MR) is 69.6 cm³/mol. The Bertz CT molecular complexity index is 590. The van der Waals surface area contributed by atoms with Crippen LogP contribution in [0.2, 0.25) is 0 Å². The van der Waals surface area contributed by atoms with E-state index in [1.54, 1.807) is 18.5 Å². The molecule has 0 spiro atoms. The number of nitro groups is 1. The molecule has 1 aromatic heterocycles. The molecule has 0 radical (unpaired) electrons. The number of alkyl halides is 1. The van der Waals surface area contributed by atoms with Gasteiger partial charge in [0.25, 0.3) is 0 Å². The number of aryl methyl sites for hydroxylation is 1. The van der Waals surface area contributed by atoms with Gasteiger partial charge < -0.3 is 14.7 Å². The van der Waals surface area contributed by atoms with E-state index < -0.39 is 4.92 Å². The minimum atomic E-state index is -0.461. The number of hydrogen-bond acceptors (Lipinski definition) is 3. The number of rotatable bonds is 3. The number of nitrogens with zero attached hydrogens (tertiary/aromatic N) is 3. The fraction of sp³-hybridized carbons (Fsp3) is 0.250. The molecule has 94 valence electrons. The highest BCUT2D eigenvalue weighted by Crippen LogP contribution is 2.29. The van der Waals surface area contributed by atoms with Crippen molar-refractivity contribution in [2.75, 3.05) is 0 Å². The Morgan fingerprint density at radius 2 is 2.00 bits per heavy atom. The Morgan fingerprint density at radius 1 is 1.39 bits per heavy atom. The number of hydrogen-bond donors (Lipinski definition) is 0. The standard InChI is InChI=1S/C12H12ClN3O2/c1-8-14-12(16(17)18)11(15(8)2)10-5-3-9(7-13)4-6-10/h3-6H,7H2,1-2H3. The van der Waals surface area contributed by atoms with E-state index in [0.717, 1.165) is 11.1 Å². The van der Waals surface area contributed by atoms with Crippen molar-refractivity contribution in [1.82, 2.24) is 9.55 Å². The van der Waals surface area contributed by atoms with Gasteiger partial charge >= 0.3 is 5.82 Å². The van der Waals surface area contributed by atoms with Gasteiger partial charge in [-0.05, 0) is 15.5 Å². The predicted octanol–water partition coefficient (Wildman–Crippen LogP) is 3.04. The van der Waals surface area contributed by atoms with Crippen molar-refractivity contribution in [3.05, 3.63) is 45.8 Å². The quantitative estimate of drug-likeness (QED) is 0.487. The maximum Gasteiger partial charge on any atom is 0.390 e. The first-order chi connectivity index (χ1) is 8.54. The molecule has 0 bridgehead atoms. The van der Waals surface area contributed by atoms with E-state index in [-0.39, 0.29) is 5.82 Å². The summed E-state index contributed by atoms with van der Waals surface area (Å²) in [5.74, 6) is 0.916. The molecule has 1 heterocycles. The highest BCUT2D eigenvalue weighted by molar-refractivity contribution is 6.17. The van der Waals surface area contributed by atoms with Gasteiger partial charge in [0.1, 0.15) is 5.69 Å². The van der Waals surface area contributed by atoms with Crippen LogP contribution in [0.4, 0.5) is 5.82 Å². The van der Waals surface area contributed by atoms with Crippen molar-refractivity contribution >= 4 is 17.4 Å². The minimum absolute atomic E-state index is 0.117. The smallest absolute Gasteiger partial charge is 0.358 e. The average molecular weight is 266 g/mol. The lowest BCUT2D eigenvalue weighted by Crippen LogP contribution is -1.96. The van der Waals surface area contributed by atoms with Crippen LogP contribution in [-0.2, 0) is 12.9 Å². The topological polar surface area (TPSA) is 61.0 Å². The van der Waals surface area contributed by atoms with Gasteiger partial charge in [-0.2, -0.15) is 0 Å². The molecule has 0 N–H and O–H groups in total. The van der Waals surface area contributed by atoms with E-state index in [0.29, 0.717) is 17.4 Å². The summed E-state index contributed by atoms with van der Waals surface area (Å²) in [7, 11) is 1.76. The van der Waals surface area contributed by atoms with Crippen molar-refractivity contribution in [2.45, 2.75) is 12.8 Å². The lowest BCUT2D eigenvalue weighted by atomic mass is 10.1. The summed E-state index contributed by atoms with van der Waals surface area (Å²) < 4.78 is 1.72. The molecule has 2 rings (SSSR count). The molecule has 0 amide bonds. The first kappa shape index (κ1) is 12.6. The summed E-state index contributed by atoms with van der Waals surface area (Å²) in [6.45, 7) is 1.74. The molecule has 1 aromatic carbocycles. The summed E-state index contributed by atoms with van der Waals surface area (Å²) in [5, 5.41) is 11.0. The molecule has 0 saturated carbocycles. The fourth-order valence-corrected chi connectivity index (χ4v) is 1.97. The van der Waals surface area contributed by atoms with Gasteiger partial charge in [0, 0.05) is 25.4 Å². The van der Waals surface area contributed by atoms with Crippen LogP contribution in [0, 0.1) is 17.0 Å². The number of aromatic nitrogens is 2. The van der Waals surface area contributed by atoms with Crippen molar-refractivity contribution in [2.24, 2.45) is 7.05 Å². The normalized spacial score (nSPS) is 10.6. The second-order valence-corrected chi connectivity index (χ2v) is 4.25. The Kier molecular flexibility index (Phi) is 3.34. The van der Waals surface area contributed by atoms with Crippen LogP contribution in [0.5, 0.6) is 0 Å². The fourth-order valence-electron chi connectivity index (χ4n) is 1.79. The third-order valence-corrected chi connectivity index (χ3v) is 3.16. The Hall–Kier alpha value is -1.88. The van der Waals surface area contributed by atoms with Crippen LogP contribution in [0.15, 0.2) is 24.3 Å². The molecule has 0 fully saturated rings. The van der Waals surface area contributed by atoms with Gasteiger partial charge in [-0.15, -0.1) is 11.6 Å². The summed E-state index contributed by atoms with van der Waals surface area (Å²) in [5.41, 5.74) is 2.25. The molecule has 6 heteroatoms. The van der Waals surface area contributed by atoms with Crippen molar-refractivity contribution in [3.63, 3.8) is 0 Å². The van der Waals surface area contributed by atoms with Crippen molar-refractivity contribution < 1.29 is 4.92 Å². The first-order valence-corrected chi connectivity index (χ1v) is 5.91. The molecule has 18 heavy (non-hydrogen) atoms. The molecule has 0 aliphatic rings. The second kappa shape index (κ2) is 4.78. The summed E-state index contributed by atoms with van der Waals surface area (Å²) in [6.07, 6.45) is 0. The van der Waals surface area contributed by atoms with E-state index in [1.807, 2.05) is 24.3 Å². The highest BCUT2D eigenvalue weighted by Gasteiger charge is 2.24. The van der Waals surface area contributed by atoms with E-state index >= 15 is 0 Å². The second-order valence-electron chi connectivity index (χ2n) is 3.98. The molecule has 0 aliphatic carbocycles. The Balaban J connectivity index is 2.58. The molecule has 0 atom stereocenters. The van der Waals surface area contributed by atoms with Gasteiger partial charge in [-0.1, -0.05) is 24.3 Å². The first-order valence-electron chi connectivity index (χ1n) is 5.37. The summed E-state index contributed by atoms with van der Waals surface area (Å²) in [6, 6.07) is 7.35. The van der Waals surface area contributed by atoms with E-state index in [2.05, 4.69) is 4.98 Å². The molecular formula is C12H12ClN3O2. The van der Waals surface area contributed by atoms with Crippen LogP contribution < -0.4 is 0 Å². The van der Waals surface area contributed by atoms with Crippen molar-refractivity contribution in [3.8, 4) is 11.3 Å². The van der Waals surface area contributed by atoms with Gasteiger partial charge in [0.15, 0.2) is 0 Å². The maximum absolute atomic E-state index is 11.0. The average Bonchev–Trinajstić information content (AvgIpc) is 2.66. The maximum atomic E-state index is 11.0. The van der Waals surface area contributed by atoms with E-state index in [1.165, 1.54) is 0 Å². The minimum Gasteiger partial charge on any atom is -0.358 e. The monoisotopic (exact) mass is 265 g/mol. The molecule has 2 aromatic rings. The molecule has 5 nitrogen and oxygen atoms in total. The Morgan fingerprint density at radius 3 is 2.50 bits per heavy atom. The SMILES string of the molecule is Cc1nc([N+](=O)[O-])c(-c2ccc(CCl)cc2)n1C. The molecule has 0 unspecified atom stereocenters. The summed E-state index contributed by atoms with van der Waals surface area (Å²) >= 11 is 5.72.